The van der Waals surface area contributed by atoms with Crippen LogP contribution in [-0.4, -0.2) is 57.6 Å². The number of rotatable bonds is 5. The van der Waals surface area contributed by atoms with Gasteiger partial charge in [-0.15, -0.1) is 0 Å². The van der Waals surface area contributed by atoms with Crippen molar-refractivity contribution < 1.29 is 25.2 Å². The van der Waals surface area contributed by atoms with Gasteiger partial charge in [-0.3, -0.25) is 0 Å². The van der Waals surface area contributed by atoms with E-state index in [-0.39, 0.29) is 12.5 Å². The summed E-state index contributed by atoms with van der Waals surface area (Å²) in [4.78, 5) is 0. The minimum Gasteiger partial charge on any atom is -0.394 e. The van der Waals surface area contributed by atoms with E-state index in [9.17, 15) is 15.3 Å². The van der Waals surface area contributed by atoms with Crippen molar-refractivity contribution in [1.82, 2.24) is 0 Å². The highest BCUT2D eigenvalue weighted by molar-refractivity contribution is 4.93. The Bertz CT molecular complexity index is 246. The standard InChI is InChI=1S/C13H26O5/c1-4-7(2)5-8(3)13-12(17)11(16)10(15)9(6-14)18-13/h7-17H,4-6H2,1-3H3/t7?,8-,9-,10-,11+,12+,13-/m1/s1. The monoisotopic (exact) mass is 262 g/mol. The van der Waals surface area contributed by atoms with Crippen LogP contribution in [0.3, 0.4) is 0 Å². The first kappa shape index (κ1) is 15.9. The highest BCUT2D eigenvalue weighted by atomic mass is 16.5. The Morgan fingerprint density at radius 3 is 2.17 bits per heavy atom. The molecule has 1 rings (SSSR count). The summed E-state index contributed by atoms with van der Waals surface area (Å²) in [5, 5.41) is 38.5. The quantitative estimate of drug-likeness (QED) is 0.555. The van der Waals surface area contributed by atoms with Crippen LogP contribution in [0.15, 0.2) is 0 Å². The van der Waals surface area contributed by atoms with Crippen molar-refractivity contribution in [1.29, 1.82) is 0 Å². The molecular formula is C13H26O5. The van der Waals surface area contributed by atoms with Gasteiger partial charge in [0.1, 0.15) is 24.4 Å². The summed E-state index contributed by atoms with van der Waals surface area (Å²) in [7, 11) is 0. The minimum absolute atomic E-state index is 0.0612. The van der Waals surface area contributed by atoms with E-state index in [1.807, 2.05) is 6.92 Å². The topological polar surface area (TPSA) is 90.2 Å². The highest BCUT2D eigenvalue weighted by Crippen LogP contribution is 2.29. The van der Waals surface area contributed by atoms with E-state index in [1.54, 1.807) is 0 Å². The Morgan fingerprint density at radius 1 is 1.06 bits per heavy atom. The average molecular weight is 262 g/mol. The molecule has 0 amide bonds. The molecule has 0 aromatic carbocycles. The first-order valence-electron chi connectivity index (χ1n) is 6.72. The van der Waals surface area contributed by atoms with Crippen LogP contribution in [0.4, 0.5) is 0 Å². The summed E-state index contributed by atoms with van der Waals surface area (Å²) < 4.78 is 5.53. The number of aliphatic hydroxyl groups is 4. The zero-order valence-electron chi connectivity index (χ0n) is 11.4. The van der Waals surface area contributed by atoms with E-state index in [0.717, 1.165) is 12.8 Å². The lowest BCUT2D eigenvalue weighted by molar-refractivity contribution is -0.240. The van der Waals surface area contributed by atoms with Gasteiger partial charge in [-0.2, -0.15) is 0 Å². The van der Waals surface area contributed by atoms with Gasteiger partial charge in [0.2, 0.25) is 0 Å². The molecule has 1 aliphatic heterocycles. The summed E-state index contributed by atoms with van der Waals surface area (Å²) in [6, 6.07) is 0. The summed E-state index contributed by atoms with van der Waals surface area (Å²) in [5.74, 6) is 0.568. The number of hydrogen-bond acceptors (Lipinski definition) is 5. The van der Waals surface area contributed by atoms with Gasteiger partial charge < -0.3 is 25.2 Å². The zero-order valence-corrected chi connectivity index (χ0v) is 11.4. The van der Waals surface area contributed by atoms with Crippen molar-refractivity contribution >= 4 is 0 Å². The van der Waals surface area contributed by atoms with Gasteiger partial charge in [-0.25, -0.2) is 0 Å². The molecule has 1 saturated heterocycles. The van der Waals surface area contributed by atoms with Crippen LogP contribution in [0.5, 0.6) is 0 Å². The Kier molecular flexibility index (Phi) is 6.01. The van der Waals surface area contributed by atoms with E-state index in [2.05, 4.69) is 13.8 Å². The maximum atomic E-state index is 9.96. The molecule has 18 heavy (non-hydrogen) atoms. The predicted octanol–water partition coefficient (Wildman–Crippen LogP) is -0.0989. The van der Waals surface area contributed by atoms with Crippen LogP contribution in [-0.2, 0) is 4.74 Å². The summed E-state index contributed by atoms with van der Waals surface area (Å²) in [6.07, 6.45) is -3.07. The molecule has 0 bridgehead atoms. The van der Waals surface area contributed by atoms with Gasteiger partial charge in [0.05, 0.1) is 12.7 Å². The second-order valence-corrected chi connectivity index (χ2v) is 5.52. The van der Waals surface area contributed by atoms with Crippen LogP contribution in [0.2, 0.25) is 0 Å². The molecule has 0 saturated carbocycles. The van der Waals surface area contributed by atoms with E-state index in [4.69, 9.17) is 9.84 Å². The molecule has 0 radical (unpaired) electrons. The molecule has 1 unspecified atom stereocenters. The van der Waals surface area contributed by atoms with Crippen molar-refractivity contribution in [3.05, 3.63) is 0 Å². The zero-order chi connectivity index (χ0) is 13.9. The number of hydrogen-bond donors (Lipinski definition) is 4. The van der Waals surface area contributed by atoms with Crippen molar-refractivity contribution in [2.45, 2.75) is 64.1 Å². The van der Waals surface area contributed by atoms with Gasteiger partial charge in [-0.1, -0.05) is 27.2 Å². The van der Waals surface area contributed by atoms with Crippen molar-refractivity contribution in [2.24, 2.45) is 11.8 Å². The predicted molar refractivity (Wildman–Crippen MR) is 67.0 cm³/mol. The van der Waals surface area contributed by atoms with Crippen LogP contribution in [0.25, 0.3) is 0 Å². The molecule has 108 valence electrons. The van der Waals surface area contributed by atoms with Crippen molar-refractivity contribution in [2.75, 3.05) is 6.61 Å². The number of ether oxygens (including phenoxy) is 1. The summed E-state index contributed by atoms with van der Waals surface area (Å²) in [5.41, 5.74) is 0. The van der Waals surface area contributed by atoms with Crippen molar-refractivity contribution in [3.8, 4) is 0 Å². The fourth-order valence-corrected chi connectivity index (χ4v) is 2.54. The van der Waals surface area contributed by atoms with Gasteiger partial charge in [0.15, 0.2) is 0 Å². The Labute approximate surface area is 108 Å². The first-order chi connectivity index (χ1) is 8.42. The largest absolute Gasteiger partial charge is 0.394 e. The molecule has 0 aromatic rings. The van der Waals surface area contributed by atoms with Crippen LogP contribution < -0.4 is 0 Å². The SMILES string of the molecule is CCC(C)C[C@@H](C)[C@H]1O[C@H](CO)[C@@H](O)[C@H](O)[C@@H]1O. The van der Waals surface area contributed by atoms with Gasteiger partial charge in [0, 0.05) is 0 Å². The molecule has 0 aromatic heterocycles. The maximum Gasteiger partial charge on any atom is 0.111 e. The third-order valence-corrected chi connectivity index (χ3v) is 3.96. The minimum atomic E-state index is -1.26. The van der Waals surface area contributed by atoms with Gasteiger partial charge in [0.25, 0.3) is 0 Å². The Balaban J connectivity index is 2.68. The lowest BCUT2D eigenvalue weighted by atomic mass is 9.84. The molecule has 7 atom stereocenters. The fraction of sp³-hybridized carbons (Fsp3) is 1.00. The van der Waals surface area contributed by atoms with Crippen LogP contribution in [0, 0.1) is 11.8 Å². The molecule has 5 heteroatoms. The highest BCUT2D eigenvalue weighted by Gasteiger charge is 2.45. The molecule has 1 aliphatic rings. The Hall–Kier alpha value is -0.200. The van der Waals surface area contributed by atoms with E-state index in [0.29, 0.717) is 5.92 Å². The van der Waals surface area contributed by atoms with Gasteiger partial charge >= 0.3 is 0 Å². The lowest BCUT2D eigenvalue weighted by Gasteiger charge is -2.42. The molecule has 4 N–H and O–H groups in total. The molecule has 0 spiro atoms. The summed E-state index contributed by atoms with van der Waals surface area (Å²) in [6.45, 7) is 5.82. The van der Waals surface area contributed by atoms with Crippen molar-refractivity contribution in [3.63, 3.8) is 0 Å². The molecule has 5 nitrogen and oxygen atoms in total. The third-order valence-electron chi connectivity index (χ3n) is 3.96. The van der Waals surface area contributed by atoms with Crippen LogP contribution >= 0.6 is 0 Å². The normalized spacial score (nSPS) is 40.5. The van der Waals surface area contributed by atoms with Gasteiger partial charge in [-0.05, 0) is 18.3 Å². The summed E-state index contributed by atoms with van der Waals surface area (Å²) >= 11 is 0. The second kappa shape index (κ2) is 6.82. The van der Waals surface area contributed by atoms with Crippen LogP contribution in [0.1, 0.15) is 33.6 Å². The second-order valence-electron chi connectivity index (χ2n) is 5.52. The third kappa shape index (κ3) is 3.42. The lowest BCUT2D eigenvalue weighted by Crippen LogP contribution is -2.60. The first-order valence-corrected chi connectivity index (χ1v) is 6.72. The molecule has 1 heterocycles. The van der Waals surface area contributed by atoms with E-state index in [1.165, 1.54) is 0 Å². The fourth-order valence-electron chi connectivity index (χ4n) is 2.54. The molecule has 1 fully saturated rings. The number of aliphatic hydroxyl groups excluding tert-OH is 4. The Morgan fingerprint density at radius 2 is 1.67 bits per heavy atom. The molecular weight excluding hydrogens is 236 g/mol. The van der Waals surface area contributed by atoms with E-state index < -0.39 is 30.5 Å². The molecule has 0 aliphatic carbocycles. The smallest absolute Gasteiger partial charge is 0.111 e. The maximum absolute atomic E-state index is 9.96. The average Bonchev–Trinajstić information content (AvgIpc) is 2.36. The van der Waals surface area contributed by atoms with E-state index >= 15 is 0 Å².